The third-order valence-corrected chi connectivity index (χ3v) is 4.38. The van der Waals surface area contributed by atoms with Crippen molar-refractivity contribution in [2.24, 2.45) is 0 Å². The Balaban J connectivity index is 1.73. The van der Waals surface area contributed by atoms with E-state index >= 15 is 0 Å². The van der Waals surface area contributed by atoms with Crippen LogP contribution in [-0.4, -0.2) is 43.2 Å². The molecule has 1 fully saturated rings. The number of hydrogen-bond donors (Lipinski definition) is 2. The van der Waals surface area contributed by atoms with Gasteiger partial charge in [-0.05, 0) is 38.3 Å². The van der Waals surface area contributed by atoms with Crippen molar-refractivity contribution in [1.29, 1.82) is 0 Å². The number of carbonyl (C=O) groups is 1. The van der Waals surface area contributed by atoms with Crippen molar-refractivity contribution in [3.8, 4) is 0 Å². The SMILES string of the molecule is Cc1ccc(NC(=O)Nc2cnc(N3CCCCC3)nc2N(C)C)cc1. The molecule has 1 aliphatic heterocycles. The summed E-state index contributed by atoms with van der Waals surface area (Å²) < 4.78 is 0. The molecule has 26 heavy (non-hydrogen) atoms. The van der Waals surface area contributed by atoms with Gasteiger partial charge in [0.2, 0.25) is 5.95 Å². The smallest absolute Gasteiger partial charge is 0.323 e. The van der Waals surface area contributed by atoms with E-state index in [-0.39, 0.29) is 6.03 Å². The summed E-state index contributed by atoms with van der Waals surface area (Å²) in [6.07, 6.45) is 5.27. The minimum atomic E-state index is -0.314. The zero-order valence-corrected chi connectivity index (χ0v) is 15.6. The van der Waals surface area contributed by atoms with Gasteiger partial charge in [-0.15, -0.1) is 0 Å². The molecule has 1 aliphatic rings. The summed E-state index contributed by atoms with van der Waals surface area (Å²) in [6.45, 7) is 3.97. The van der Waals surface area contributed by atoms with Crippen molar-refractivity contribution in [3.05, 3.63) is 36.0 Å². The van der Waals surface area contributed by atoms with Crippen LogP contribution < -0.4 is 20.4 Å². The second-order valence-electron chi connectivity index (χ2n) is 6.79. The van der Waals surface area contributed by atoms with Crippen LogP contribution in [0.1, 0.15) is 24.8 Å². The Hall–Kier alpha value is -2.83. The monoisotopic (exact) mass is 354 g/mol. The molecule has 7 nitrogen and oxygen atoms in total. The Morgan fingerprint density at radius 1 is 1.08 bits per heavy atom. The molecule has 2 amide bonds. The van der Waals surface area contributed by atoms with Crippen LogP contribution in [0, 0.1) is 6.92 Å². The normalized spacial score (nSPS) is 14.0. The number of rotatable bonds is 4. The lowest BCUT2D eigenvalue weighted by Crippen LogP contribution is -2.31. The van der Waals surface area contributed by atoms with Gasteiger partial charge in [0.15, 0.2) is 5.82 Å². The molecule has 1 saturated heterocycles. The molecule has 0 radical (unpaired) electrons. The maximum atomic E-state index is 12.3. The number of amides is 2. The quantitative estimate of drug-likeness (QED) is 0.879. The summed E-state index contributed by atoms with van der Waals surface area (Å²) in [5, 5.41) is 5.68. The van der Waals surface area contributed by atoms with Crippen LogP contribution in [0.3, 0.4) is 0 Å². The standard InChI is InChI=1S/C19H26N6O/c1-14-7-9-15(10-8-14)21-19(26)22-16-13-20-18(23-17(16)24(2)3)25-11-5-4-6-12-25/h7-10,13H,4-6,11-12H2,1-3H3,(H2,21,22,26). The van der Waals surface area contributed by atoms with Gasteiger partial charge in [0.05, 0.1) is 6.20 Å². The molecular formula is C19H26N6O. The van der Waals surface area contributed by atoms with Gasteiger partial charge >= 0.3 is 6.03 Å². The van der Waals surface area contributed by atoms with Crippen molar-refractivity contribution in [2.45, 2.75) is 26.2 Å². The third-order valence-electron chi connectivity index (χ3n) is 4.38. The van der Waals surface area contributed by atoms with Gasteiger partial charge in [-0.2, -0.15) is 4.98 Å². The highest BCUT2D eigenvalue weighted by molar-refractivity contribution is 6.01. The van der Waals surface area contributed by atoms with Crippen molar-refractivity contribution in [1.82, 2.24) is 9.97 Å². The molecule has 0 saturated carbocycles. The van der Waals surface area contributed by atoms with Crippen molar-refractivity contribution in [2.75, 3.05) is 47.6 Å². The molecule has 1 aromatic carbocycles. The Morgan fingerprint density at radius 3 is 2.42 bits per heavy atom. The first-order valence-corrected chi connectivity index (χ1v) is 8.97. The zero-order valence-electron chi connectivity index (χ0n) is 15.6. The number of nitrogens with one attached hydrogen (secondary N) is 2. The molecule has 2 aromatic rings. The Kier molecular flexibility index (Phi) is 5.55. The molecule has 0 spiro atoms. The van der Waals surface area contributed by atoms with E-state index in [2.05, 4.69) is 25.5 Å². The number of nitrogens with zero attached hydrogens (tertiary/aromatic N) is 4. The minimum absolute atomic E-state index is 0.314. The van der Waals surface area contributed by atoms with E-state index in [1.165, 1.54) is 19.3 Å². The lowest BCUT2D eigenvalue weighted by atomic mass is 10.1. The molecule has 3 rings (SSSR count). The van der Waals surface area contributed by atoms with Crippen LogP contribution in [0.25, 0.3) is 0 Å². The average Bonchev–Trinajstić information content (AvgIpc) is 2.64. The lowest BCUT2D eigenvalue weighted by Gasteiger charge is -2.28. The summed E-state index contributed by atoms with van der Waals surface area (Å²) in [4.78, 5) is 25.5. The van der Waals surface area contributed by atoms with Gasteiger partial charge in [0.25, 0.3) is 0 Å². The van der Waals surface area contributed by atoms with Gasteiger partial charge in [-0.3, -0.25) is 0 Å². The highest BCUT2D eigenvalue weighted by Crippen LogP contribution is 2.25. The minimum Gasteiger partial charge on any atom is -0.361 e. The number of aromatic nitrogens is 2. The number of urea groups is 1. The van der Waals surface area contributed by atoms with Crippen LogP contribution in [-0.2, 0) is 0 Å². The lowest BCUT2D eigenvalue weighted by molar-refractivity contribution is 0.262. The molecule has 1 aromatic heterocycles. The zero-order chi connectivity index (χ0) is 18.5. The largest absolute Gasteiger partial charge is 0.361 e. The first-order chi connectivity index (χ1) is 12.5. The highest BCUT2D eigenvalue weighted by atomic mass is 16.2. The summed E-state index contributed by atoms with van der Waals surface area (Å²) >= 11 is 0. The number of anilines is 4. The fraction of sp³-hybridized carbons (Fsp3) is 0.421. The predicted octanol–water partition coefficient (Wildman–Crippen LogP) is 3.49. The summed E-state index contributed by atoms with van der Waals surface area (Å²) in [5.41, 5.74) is 2.47. The first kappa shape index (κ1) is 18.0. The second kappa shape index (κ2) is 8.03. The van der Waals surface area contributed by atoms with Gasteiger partial charge in [-0.25, -0.2) is 9.78 Å². The Morgan fingerprint density at radius 2 is 1.77 bits per heavy atom. The number of hydrogen-bond acceptors (Lipinski definition) is 5. The van der Waals surface area contributed by atoms with Gasteiger partial charge in [0.1, 0.15) is 5.69 Å². The molecule has 7 heteroatoms. The highest BCUT2D eigenvalue weighted by Gasteiger charge is 2.17. The molecular weight excluding hydrogens is 328 g/mol. The van der Waals surface area contributed by atoms with E-state index in [1.807, 2.05) is 50.2 Å². The second-order valence-corrected chi connectivity index (χ2v) is 6.79. The number of aryl methyl sites for hydroxylation is 1. The fourth-order valence-corrected chi connectivity index (χ4v) is 2.96. The maximum Gasteiger partial charge on any atom is 0.323 e. The fourth-order valence-electron chi connectivity index (χ4n) is 2.96. The van der Waals surface area contributed by atoms with Crippen LogP contribution >= 0.6 is 0 Å². The molecule has 0 bridgehead atoms. The van der Waals surface area contributed by atoms with Gasteiger partial charge in [0, 0.05) is 32.9 Å². The maximum absolute atomic E-state index is 12.3. The number of benzene rings is 1. The summed E-state index contributed by atoms with van der Waals surface area (Å²) in [5.74, 6) is 1.41. The average molecular weight is 354 g/mol. The Bertz CT molecular complexity index is 753. The van der Waals surface area contributed by atoms with Crippen molar-refractivity contribution in [3.63, 3.8) is 0 Å². The Labute approximate surface area is 154 Å². The molecule has 0 aliphatic carbocycles. The number of piperidine rings is 1. The first-order valence-electron chi connectivity index (χ1n) is 8.97. The van der Waals surface area contributed by atoms with E-state index in [4.69, 9.17) is 0 Å². The van der Waals surface area contributed by atoms with E-state index in [9.17, 15) is 4.79 Å². The summed E-state index contributed by atoms with van der Waals surface area (Å²) in [7, 11) is 3.82. The summed E-state index contributed by atoms with van der Waals surface area (Å²) in [6, 6.07) is 7.34. The molecule has 138 valence electrons. The van der Waals surface area contributed by atoms with Crippen LogP contribution in [0.4, 0.5) is 27.9 Å². The third kappa shape index (κ3) is 4.41. The van der Waals surface area contributed by atoms with Crippen LogP contribution in [0.2, 0.25) is 0 Å². The molecule has 2 heterocycles. The molecule has 0 atom stereocenters. The van der Waals surface area contributed by atoms with Crippen molar-refractivity contribution >= 4 is 29.2 Å². The number of carbonyl (C=O) groups excluding carboxylic acids is 1. The van der Waals surface area contributed by atoms with Crippen LogP contribution in [0.15, 0.2) is 30.5 Å². The van der Waals surface area contributed by atoms with E-state index < -0.39 is 0 Å². The predicted molar refractivity (Wildman–Crippen MR) is 106 cm³/mol. The van der Waals surface area contributed by atoms with Gasteiger partial charge in [-0.1, -0.05) is 17.7 Å². The van der Waals surface area contributed by atoms with E-state index in [0.29, 0.717) is 11.5 Å². The molecule has 2 N–H and O–H groups in total. The van der Waals surface area contributed by atoms with Crippen molar-refractivity contribution < 1.29 is 4.79 Å². The van der Waals surface area contributed by atoms with Crippen LogP contribution in [0.5, 0.6) is 0 Å². The topological polar surface area (TPSA) is 73.4 Å². The molecule has 0 unspecified atom stereocenters. The van der Waals surface area contributed by atoms with Gasteiger partial charge < -0.3 is 20.4 Å². The van der Waals surface area contributed by atoms with E-state index in [1.54, 1.807) is 6.20 Å². The van der Waals surface area contributed by atoms with E-state index in [0.717, 1.165) is 30.3 Å².